The molecule has 2 aromatic rings. The highest BCUT2D eigenvalue weighted by molar-refractivity contribution is 9.10. The smallest absolute Gasteiger partial charge is 0.240 e. The number of aromatic nitrogens is 1. The van der Waals surface area contributed by atoms with Gasteiger partial charge in [0, 0.05) is 23.6 Å². The van der Waals surface area contributed by atoms with E-state index in [9.17, 15) is 13.2 Å². The van der Waals surface area contributed by atoms with Gasteiger partial charge in [-0.3, -0.25) is 4.79 Å². The van der Waals surface area contributed by atoms with Crippen LogP contribution in [-0.2, 0) is 14.8 Å². The first-order valence-corrected chi connectivity index (χ1v) is 9.19. The van der Waals surface area contributed by atoms with Crippen molar-refractivity contribution < 1.29 is 13.2 Å². The van der Waals surface area contributed by atoms with E-state index in [1.807, 2.05) is 0 Å². The zero-order chi connectivity index (χ0) is 16.9. The fraction of sp³-hybridized carbons (Fsp3) is 0.143. The second kappa shape index (κ2) is 7.87. The van der Waals surface area contributed by atoms with Gasteiger partial charge in [0.1, 0.15) is 5.82 Å². The Balaban J connectivity index is 1.85. The van der Waals surface area contributed by atoms with Crippen LogP contribution in [0.4, 0.5) is 5.82 Å². The van der Waals surface area contributed by atoms with Gasteiger partial charge in [-0.1, -0.05) is 27.5 Å². The van der Waals surface area contributed by atoms with Crippen molar-refractivity contribution in [3.8, 4) is 0 Å². The summed E-state index contributed by atoms with van der Waals surface area (Å²) in [6.45, 7) is -0.0161. The normalized spacial score (nSPS) is 11.2. The molecule has 0 atom stereocenters. The first-order chi connectivity index (χ1) is 10.9. The molecule has 0 spiro atoms. The van der Waals surface area contributed by atoms with Gasteiger partial charge in [0.2, 0.25) is 15.9 Å². The number of hydrogen-bond donors (Lipinski definition) is 2. The quantitative estimate of drug-likeness (QED) is 0.755. The van der Waals surface area contributed by atoms with Crippen molar-refractivity contribution in [1.82, 2.24) is 9.71 Å². The summed E-state index contributed by atoms with van der Waals surface area (Å²) in [5.74, 6) is 0.00787. The number of amides is 1. The van der Waals surface area contributed by atoms with Gasteiger partial charge in [-0.05, 0) is 36.4 Å². The minimum atomic E-state index is -3.64. The molecule has 0 radical (unpaired) electrons. The second-order valence-corrected chi connectivity index (χ2v) is 7.63. The second-order valence-electron chi connectivity index (χ2n) is 4.51. The molecule has 0 aliphatic heterocycles. The van der Waals surface area contributed by atoms with Crippen molar-refractivity contribution >= 4 is 49.3 Å². The highest BCUT2D eigenvalue weighted by atomic mass is 79.9. The summed E-state index contributed by atoms with van der Waals surface area (Å²) >= 11 is 8.93. The Hall–Kier alpha value is -1.48. The van der Waals surface area contributed by atoms with Crippen LogP contribution >= 0.6 is 27.5 Å². The third-order valence-electron chi connectivity index (χ3n) is 2.76. The number of anilines is 1. The molecule has 0 bridgehead atoms. The largest absolute Gasteiger partial charge is 0.311 e. The summed E-state index contributed by atoms with van der Waals surface area (Å²) < 4.78 is 27.2. The molecule has 0 aliphatic rings. The molecule has 0 fully saturated rings. The van der Waals surface area contributed by atoms with Crippen LogP contribution in [0.15, 0.2) is 52.0 Å². The predicted molar refractivity (Wildman–Crippen MR) is 91.8 cm³/mol. The first kappa shape index (κ1) is 17.9. The van der Waals surface area contributed by atoms with Crippen LogP contribution in [0.1, 0.15) is 6.42 Å². The number of pyridine rings is 1. The van der Waals surface area contributed by atoms with E-state index in [1.54, 1.807) is 24.3 Å². The Kier molecular flexibility index (Phi) is 6.11. The maximum absolute atomic E-state index is 12.0. The third kappa shape index (κ3) is 5.58. The molecule has 0 saturated carbocycles. The number of halogens is 2. The van der Waals surface area contributed by atoms with Crippen LogP contribution in [0.3, 0.4) is 0 Å². The third-order valence-corrected chi connectivity index (χ3v) is 4.99. The molecule has 2 rings (SSSR count). The van der Waals surface area contributed by atoms with Crippen molar-refractivity contribution in [2.24, 2.45) is 0 Å². The monoisotopic (exact) mass is 417 g/mol. The minimum Gasteiger partial charge on any atom is -0.311 e. The van der Waals surface area contributed by atoms with Crippen LogP contribution in [0.2, 0.25) is 5.02 Å². The molecule has 1 heterocycles. The van der Waals surface area contributed by atoms with E-state index in [0.717, 1.165) is 4.47 Å². The highest BCUT2D eigenvalue weighted by Crippen LogP contribution is 2.14. The molecule has 1 aromatic heterocycles. The number of rotatable bonds is 6. The Bertz CT molecular complexity index is 780. The molecule has 0 saturated heterocycles. The molecule has 23 heavy (non-hydrogen) atoms. The van der Waals surface area contributed by atoms with E-state index in [2.05, 4.69) is 31.0 Å². The first-order valence-electron chi connectivity index (χ1n) is 6.53. The van der Waals surface area contributed by atoms with E-state index < -0.39 is 10.0 Å². The molecule has 6 nitrogen and oxygen atoms in total. The lowest BCUT2D eigenvalue weighted by atomic mass is 10.4. The molecular formula is C14H13BrClN3O3S. The van der Waals surface area contributed by atoms with Crippen molar-refractivity contribution in [2.75, 3.05) is 11.9 Å². The Labute approximate surface area is 147 Å². The average molecular weight is 419 g/mol. The highest BCUT2D eigenvalue weighted by Gasteiger charge is 2.14. The molecule has 0 aliphatic carbocycles. The van der Waals surface area contributed by atoms with Crippen molar-refractivity contribution in [3.63, 3.8) is 0 Å². The van der Waals surface area contributed by atoms with Gasteiger partial charge in [0.05, 0.1) is 9.92 Å². The van der Waals surface area contributed by atoms with Crippen LogP contribution in [0.5, 0.6) is 0 Å². The van der Waals surface area contributed by atoms with Gasteiger partial charge in [-0.25, -0.2) is 18.1 Å². The molecule has 122 valence electrons. The maximum atomic E-state index is 12.0. The molecular weight excluding hydrogens is 406 g/mol. The Morgan fingerprint density at radius 1 is 1.17 bits per heavy atom. The number of hydrogen-bond acceptors (Lipinski definition) is 4. The van der Waals surface area contributed by atoms with E-state index >= 15 is 0 Å². The van der Waals surface area contributed by atoms with Gasteiger partial charge < -0.3 is 5.32 Å². The topological polar surface area (TPSA) is 88.2 Å². The van der Waals surface area contributed by atoms with E-state index in [0.29, 0.717) is 10.8 Å². The average Bonchev–Trinajstić information content (AvgIpc) is 2.50. The fourth-order valence-electron chi connectivity index (χ4n) is 1.65. The van der Waals surface area contributed by atoms with Crippen LogP contribution in [0.25, 0.3) is 0 Å². The van der Waals surface area contributed by atoms with Crippen LogP contribution in [-0.4, -0.2) is 25.9 Å². The summed E-state index contributed by atoms with van der Waals surface area (Å²) in [4.78, 5) is 15.8. The molecule has 0 unspecified atom stereocenters. The Morgan fingerprint density at radius 2 is 1.87 bits per heavy atom. The lowest BCUT2D eigenvalue weighted by Gasteiger charge is -2.07. The lowest BCUT2D eigenvalue weighted by molar-refractivity contribution is -0.116. The van der Waals surface area contributed by atoms with E-state index in [1.165, 1.54) is 18.3 Å². The molecule has 9 heteroatoms. The summed E-state index contributed by atoms with van der Waals surface area (Å²) in [5, 5.41) is 3.02. The summed E-state index contributed by atoms with van der Waals surface area (Å²) in [6.07, 6.45) is 1.40. The Morgan fingerprint density at radius 3 is 2.48 bits per heavy atom. The fourth-order valence-corrected chi connectivity index (χ4v) is 3.06. The predicted octanol–water partition coefficient (Wildman–Crippen LogP) is 2.80. The van der Waals surface area contributed by atoms with Crippen molar-refractivity contribution in [1.29, 1.82) is 0 Å². The number of benzene rings is 1. The number of carbonyl (C=O) groups excluding carboxylic acids is 1. The van der Waals surface area contributed by atoms with Gasteiger partial charge >= 0.3 is 0 Å². The summed E-state index contributed by atoms with van der Waals surface area (Å²) in [5.41, 5.74) is 0. The number of nitrogens with zero attached hydrogens (tertiary/aromatic N) is 1. The summed E-state index contributed by atoms with van der Waals surface area (Å²) in [6, 6.07) is 9.38. The molecule has 1 aromatic carbocycles. The van der Waals surface area contributed by atoms with E-state index in [4.69, 9.17) is 11.6 Å². The molecule has 2 N–H and O–H groups in total. The maximum Gasteiger partial charge on any atom is 0.240 e. The SMILES string of the molecule is O=C(CCNS(=O)(=O)c1ccc(Br)cc1)Nc1ccc(Cl)cn1. The van der Waals surface area contributed by atoms with Gasteiger partial charge in [-0.15, -0.1) is 0 Å². The minimum absolute atomic E-state index is 0.0138. The summed E-state index contributed by atoms with van der Waals surface area (Å²) in [7, 11) is -3.64. The zero-order valence-electron chi connectivity index (χ0n) is 11.8. The zero-order valence-corrected chi connectivity index (χ0v) is 15.0. The van der Waals surface area contributed by atoms with Crippen molar-refractivity contribution in [3.05, 3.63) is 52.1 Å². The standard InChI is InChI=1S/C14H13BrClN3O3S/c15-10-1-4-12(5-2-10)23(21,22)18-8-7-14(20)19-13-6-3-11(16)9-17-13/h1-6,9,18H,7-8H2,(H,17,19,20). The van der Waals surface area contributed by atoms with Gasteiger partial charge in [0.25, 0.3) is 0 Å². The van der Waals surface area contributed by atoms with Crippen LogP contribution < -0.4 is 10.0 Å². The van der Waals surface area contributed by atoms with Gasteiger partial charge in [0.15, 0.2) is 0 Å². The number of sulfonamides is 1. The molecule has 1 amide bonds. The number of carbonyl (C=O) groups is 1. The number of nitrogens with one attached hydrogen (secondary N) is 2. The lowest BCUT2D eigenvalue weighted by Crippen LogP contribution is -2.27. The van der Waals surface area contributed by atoms with Gasteiger partial charge in [-0.2, -0.15) is 0 Å². The van der Waals surface area contributed by atoms with Crippen LogP contribution in [0, 0.1) is 0 Å². The van der Waals surface area contributed by atoms with E-state index in [-0.39, 0.29) is 23.8 Å². The van der Waals surface area contributed by atoms with Crippen molar-refractivity contribution in [2.45, 2.75) is 11.3 Å².